The van der Waals surface area contributed by atoms with Crippen LogP contribution in [0.5, 0.6) is 11.5 Å². The Morgan fingerprint density at radius 1 is 1.04 bits per heavy atom. The summed E-state index contributed by atoms with van der Waals surface area (Å²) in [6.07, 6.45) is 5.53. The molecule has 1 fully saturated rings. The summed E-state index contributed by atoms with van der Waals surface area (Å²) in [5.74, 6) is 1.39. The third-order valence-corrected chi connectivity index (χ3v) is 4.70. The van der Waals surface area contributed by atoms with Crippen molar-refractivity contribution in [2.45, 2.75) is 44.8 Å². The molecule has 2 aromatic rings. The number of hydrogen-bond acceptors (Lipinski definition) is 4. The fraction of sp³-hybridized carbons (Fsp3) is 0.381. The topological polar surface area (TPSA) is 47.9 Å². The van der Waals surface area contributed by atoms with Crippen molar-refractivity contribution in [3.05, 3.63) is 59.7 Å². The molecule has 1 aliphatic rings. The van der Waals surface area contributed by atoms with Gasteiger partial charge in [-0.1, -0.05) is 55.3 Å². The van der Waals surface area contributed by atoms with Gasteiger partial charge >= 0.3 is 0 Å². The highest BCUT2D eigenvalue weighted by Gasteiger charge is 2.39. The molecule has 0 aromatic heterocycles. The van der Waals surface area contributed by atoms with E-state index in [1.807, 2.05) is 55.5 Å². The largest absolute Gasteiger partial charge is 0.490 e. The van der Waals surface area contributed by atoms with E-state index in [9.17, 15) is 4.79 Å². The first kappa shape index (κ1) is 17.2. The van der Waals surface area contributed by atoms with Crippen LogP contribution in [-0.2, 0) is 16.9 Å². The van der Waals surface area contributed by atoms with Crippen LogP contribution in [0.3, 0.4) is 0 Å². The van der Waals surface area contributed by atoms with Crippen molar-refractivity contribution in [1.29, 1.82) is 0 Å². The normalized spacial score (nSPS) is 15.4. The second kappa shape index (κ2) is 8.00. The zero-order chi connectivity index (χ0) is 17.5. The Balaban J connectivity index is 1.99. The van der Waals surface area contributed by atoms with Gasteiger partial charge in [0.1, 0.15) is 12.1 Å². The summed E-state index contributed by atoms with van der Waals surface area (Å²) in [6, 6.07) is 15.9. The van der Waals surface area contributed by atoms with Crippen LogP contribution in [0.1, 0.15) is 43.7 Å². The Hall–Kier alpha value is -2.58. The van der Waals surface area contributed by atoms with E-state index in [0.29, 0.717) is 24.7 Å². The number of aliphatic imine (C=N–C) groups is 1. The van der Waals surface area contributed by atoms with Crippen LogP contribution in [0.25, 0.3) is 0 Å². The van der Waals surface area contributed by atoms with Gasteiger partial charge in [-0.3, -0.25) is 0 Å². The Labute approximate surface area is 148 Å². The molecule has 4 nitrogen and oxygen atoms in total. The average Bonchev–Trinajstić information content (AvgIpc) is 3.11. The van der Waals surface area contributed by atoms with E-state index in [4.69, 9.17) is 9.47 Å². The summed E-state index contributed by atoms with van der Waals surface area (Å²) in [7, 11) is 0. The Bertz CT molecular complexity index is 745. The number of nitrogens with zero attached hydrogens (tertiary/aromatic N) is 1. The maximum absolute atomic E-state index is 11.1. The molecule has 130 valence electrons. The summed E-state index contributed by atoms with van der Waals surface area (Å²) < 4.78 is 12.0. The van der Waals surface area contributed by atoms with Crippen molar-refractivity contribution < 1.29 is 14.3 Å². The average molecular weight is 337 g/mol. The molecular formula is C21H23NO3. The maximum atomic E-state index is 11.1. The molecule has 0 bridgehead atoms. The predicted molar refractivity (Wildman–Crippen MR) is 96.7 cm³/mol. The van der Waals surface area contributed by atoms with E-state index in [-0.39, 0.29) is 0 Å². The van der Waals surface area contributed by atoms with E-state index in [2.05, 4.69) is 4.99 Å². The van der Waals surface area contributed by atoms with Gasteiger partial charge < -0.3 is 9.47 Å². The highest BCUT2D eigenvalue weighted by atomic mass is 16.5. The molecule has 4 heteroatoms. The molecule has 0 saturated heterocycles. The summed E-state index contributed by atoms with van der Waals surface area (Å²) in [6.45, 7) is 2.94. The van der Waals surface area contributed by atoms with Crippen LogP contribution in [0.4, 0.5) is 0 Å². The number of carbonyl (C=O) groups excluding carboxylic acids is 1. The van der Waals surface area contributed by atoms with E-state index in [1.165, 1.54) is 0 Å². The second-order valence-electron chi connectivity index (χ2n) is 6.28. The van der Waals surface area contributed by atoms with Crippen molar-refractivity contribution in [3.63, 3.8) is 0 Å². The molecule has 0 amide bonds. The lowest BCUT2D eigenvalue weighted by atomic mass is 9.88. The molecule has 3 rings (SSSR count). The SMILES string of the molecule is CCOc1cccc(C2(N=C=O)CCCC2)c1OCc1ccccc1. The van der Waals surface area contributed by atoms with E-state index >= 15 is 0 Å². The summed E-state index contributed by atoms with van der Waals surface area (Å²) in [5.41, 5.74) is 1.47. The smallest absolute Gasteiger partial charge is 0.235 e. The van der Waals surface area contributed by atoms with Crippen molar-refractivity contribution >= 4 is 6.08 Å². The van der Waals surface area contributed by atoms with Crippen LogP contribution < -0.4 is 9.47 Å². The third kappa shape index (κ3) is 3.75. The fourth-order valence-electron chi connectivity index (χ4n) is 3.52. The van der Waals surface area contributed by atoms with E-state index in [0.717, 1.165) is 36.8 Å². The lowest BCUT2D eigenvalue weighted by Gasteiger charge is -2.27. The van der Waals surface area contributed by atoms with Crippen molar-refractivity contribution in [3.8, 4) is 11.5 Å². The van der Waals surface area contributed by atoms with Crippen molar-refractivity contribution in [2.24, 2.45) is 4.99 Å². The molecule has 1 aliphatic carbocycles. The van der Waals surface area contributed by atoms with Crippen LogP contribution in [0.2, 0.25) is 0 Å². The number of rotatable bonds is 7. The van der Waals surface area contributed by atoms with Crippen LogP contribution in [0, 0.1) is 0 Å². The van der Waals surface area contributed by atoms with Gasteiger partial charge in [-0.15, -0.1) is 0 Å². The second-order valence-corrected chi connectivity index (χ2v) is 6.28. The van der Waals surface area contributed by atoms with Gasteiger partial charge in [0, 0.05) is 5.56 Å². The van der Waals surface area contributed by atoms with Gasteiger partial charge in [0.05, 0.1) is 6.61 Å². The maximum Gasteiger partial charge on any atom is 0.235 e. The quantitative estimate of drug-likeness (QED) is 0.540. The number of para-hydroxylation sites is 1. The molecule has 0 radical (unpaired) electrons. The Kier molecular flexibility index (Phi) is 5.52. The van der Waals surface area contributed by atoms with E-state index in [1.54, 1.807) is 6.08 Å². The number of isocyanates is 1. The fourth-order valence-corrected chi connectivity index (χ4v) is 3.52. The van der Waals surface area contributed by atoms with Gasteiger partial charge in [0.15, 0.2) is 11.5 Å². The molecule has 0 heterocycles. The van der Waals surface area contributed by atoms with Crippen LogP contribution >= 0.6 is 0 Å². The first-order chi connectivity index (χ1) is 12.3. The van der Waals surface area contributed by atoms with Gasteiger partial charge in [0.2, 0.25) is 6.08 Å². The first-order valence-electron chi connectivity index (χ1n) is 8.81. The molecule has 1 saturated carbocycles. The van der Waals surface area contributed by atoms with Gasteiger partial charge in [-0.25, -0.2) is 4.79 Å². The van der Waals surface area contributed by atoms with Gasteiger partial charge in [-0.05, 0) is 31.4 Å². The number of ether oxygens (including phenoxy) is 2. The molecule has 25 heavy (non-hydrogen) atoms. The number of benzene rings is 2. The van der Waals surface area contributed by atoms with E-state index < -0.39 is 5.54 Å². The minimum Gasteiger partial charge on any atom is -0.490 e. The zero-order valence-electron chi connectivity index (χ0n) is 14.5. The lowest BCUT2D eigenvalue weighted by molar-refractivity contribution is 0.259. The minimum absolute atomic E-state index is 0.443. The van der Waals surface area contributed by atoms with Crippen molar-refractivity contribution in [2.75, 3.05) is 6.61 Å². The lowest BCUT2D eigenvalue weighted by Crippen LogP contribution is -2.20. The standard InChI is InChI=1S/C21H23NO3/c1-2-24-19-12-8-11-18(21(22-16-23)13-6-7-14-21)20(19)25-15-17-9-4-3-5-10-17/h3-5,8-12H,2,6-7,13-15H2,1H3. The molecule has 0 aliphatic heterocycles. The summed E-state index contributed by atoms with van der Waals surface area (Å²) in [4.78, 5) is 15.3. The highest BCUT2D eigenvalue weighted by Crippen LogP contribution is 2.48. The van der Waals surface area contributed by atoms with Crippen LogP contribution in [0.15, 0.2) is 53.5 Å². The zero-order valence-corrected chi connectivity index (χ0v) is 14.5. The monoisotopic (exact) mass is 337 g/mol. The van der Waals surface area contributed by atoms with Crippen molar-refractivity contribution in [1.82, 2.24) is 0 Å². The van der Waals surface area contributed by atoms with Gasteiger partial charge in [-0.2, -0.15) is 4.99 Å². The third-order valence-electron chi connectivity index (χ3n) is 4.70. The Morgan fingerprint density at radius 3 is 2.48 bits per heavy atom. The molecule has 0 N–H and O–H groups in total. The number of hydrogen-bond donors (Lipinski definition) is 0. The molecule has 2 aromatic carbocycles. The first-order valence-corrected chi connectivity index (χ1v) is 8.81. The Morgan fingerprint density at radius 2 is 1.80 bits per heavy atom. The highest BCUT2D eigenvalue weighted by molar-refractivity contribution is 5.52. The molecule has 0 spiro atoms. The summed E-state index contributed by atoms with van der Waals surface area (Å²) in [5, 5.41) is 0. The summed E-state index contributed by atoms with van der Waals surface area (Å²) >= 11 is 0. The predicted octanol–water partition coefficient (Wildman–Crippen LogP) is 4.77. The van der Waals surface area contributed by atoms with Gasteiger partial charge in [0.25, 0.3) is 0 Å². The van der Waals surface area contributed by atoms with Crippen LogP contribution in [-0.4, -0.2) is 12.7 Å². The minimum atomic E-state index is -0.541. The molecule has 0 unspecified atom stereocenters. The molecule has 0 atom stereocenters. The molecular weight excluding hydrogens is 314 g/mol.